The van der Waals surface area contributed by atoms with Crippen molar-refractivity contribution in [1.82, 2.24) is 9.80 Å². The first-order chi connectivity index (χ1) is 26.0. The largest absolute Gasteiger partial charge is 0.481 e. The van der Waals surface area contributed by atoms with Crippen LogP contribution in [0.2, 0.25) is 0 Å². The fraction of sp³-hybridized carbons (Fsp3) is 0.750. The van der Waals surface area contributed by atoms with Crippen molar-refractivity contribution < 1.29 is 29.0 Å². The Kier molecular flexibility index (Phi) is 11.4. The summed E-state index contributed by atoms with van der Waals surface area (Å²) in [5.41, 5.74) is 1.85. The average molecular weight is 773 g/mol. The normalized spacial score (nSPS) is 35.1. The molecule has 1 N–H and O–H groups in total. The monoisotopic (exact) mass is 773 g/mol. The smallest absolute Gasteiger partial charge is 0.309 e. The molecule has 0 aromatic heterocycles. The predicted molar refractivity (Wildman–Crippen MR) is 221 cm³/mol. The van der Waals surface area contributed by atoms with Crippen LogP contribution in [-0.4, -0.2) is 78.4 Å². The average Bonchev–Trinajstić information content (AvgIpc) is 3.41. The number of nitrogens with zero attached hydrogens (tertiary/aromatic N) is 2. The van der Waals surface area contributed by atoms with E-state index in [0.717, 1.165) is 69.9 Å². The molecule has 56 heavy (non-hydrogen) atoms. The number of carbonyl (C=O) groups is 4. The summed E-state index contributed by atoms with van der Waals surface area (Å²) < 4.78 is 6.20. The number of Topliss-reactive ketones (excluding diaryl/α,β-unsaturated/α-hetero) is 1. The van der Waals surface area contributed by atoms with Crippen LogP contribution in [0, 0.1) is 56.2 Å². The summed E-state index contributed by atoms with van der Waals surface area (Å²) in [6.07, 6.45) is 9.24. The van der Waals surface area contributed by atoms with Crippen LogP contribution in [0.4, 0.5) is 0 Å². The molecule has 310 valence electrons. The molecule has 5 aliphatic rings. The summed E-state index contributed by atoms with van der Waals surface area (Å²) in [4.78, 5) is 57.3. The number of rotatable bonds is 12. The quantitative estimate of drug-likeness (QED) is 0.211. The zero-order chi connectivity index (χ0) is 41.2. The Bertz CT molecular complexity index is 1730. The molecule has 0 unspecified atom stereocenters. The number of likely N-dealkylation sites (N-methyl/N-ethyl adjacent to an activating group) is 1. The lowest BCUT2D eigenvalue weighted by atomic mass is 9.33. The van der Waals surface area contributed by atoms with Crippen LogP contribution < -0.4 is 0 Å². The maximum absolute atomic E-state index is 14.3. The van der Waals surface area contributed by atoms with Crippen LogP contribution in [-0.2, 0) is 19.1 Å². The minimum absolute atomic E-state index is 0.0355. The Labute approximate surface area is 337 Å². The van der Waals surface area contributed by atoms with Gasteiger partial charge in [-0.15, -0.1) is 0 Å². The molecule has 8 atom stereocenters. The maximum atomic E-state index is 14.3. The third-order valence-corrected chi connectivity index (χ3v) is 16.9. The van der Waals surface area contributed by atoms with Crippen molar-refractivity contribution in [3.63, 3.8) is 0 Å². The third-order valence-electron chi connectivity index (χ3n) is 16.9. The van der Waals surface area contributed by atoms with Gasteiger partial charge in [-0.3, -0.25) is 19.2 Å². The number of hydrogen-bond acceptors (Lipinski definition) is 6. The molecule has 0 spiro atoms. The maximum Gasteiger partial charge on any atom is 0.309 e. The molecule has 6 rings (SSSR count). The SMILES string of the molecule is CC(C)C1=C2[C@H]3CC[C@@H]4[C@@]5(C)CC[C@H](OC(=O)CC(C)(C)C(=O)O)C(C)(C)[C@@H]5CC[C@@]4(C)[C@]3(C)CC[C@@]2(CCN(CCN(C)C)C(=O)c2ccccc2)CC1=O. The van der Waals surface area contributed by atoms with Gasteiger partial charge in [0, 0.05) is 42.4 Å². The molecule has 4 saturated carbocycles. The summed E-state index contributed by atoms with van der Waals surface area (Å²) in [6, 6.07) is 9.64. The molecule has 8 heteroatoms. The molecule has 4 fully saturated rings. The number of hydrogen-bond donors (Lipinski definition) is 1. The number of fused-ring (bicyclic) bond motifs is 7. The molecule has 0 bridgehead atoms. The lowest BCUT2D eigenvalue weighted by molar-refractivity contribution is -0.233. The Morgan fingerprint density at radius 1 is 0.857 bits per heavy atom. The molecule has 0 saturated heterocycles. The zero-order valence-corrected chi connectivity index (χ0v) is 36.6. The number of allylic oxidation sites excluding steroid dienone is 2. The van der Waals surface area contributed by atoms with E-state index in [1.165, 1.54) is 5.57 Å². The van der Waals surface area contributed by atoms with E-state index in [9.17, 15) is 24.3 Å². The fourth-order valence-corrected chi connectivity index (χ4v) is 13.6. The first kappa shape index (κ1) is 42.6. The summed E-state index contributed by atoms with van der Waals surface area (Å²) >= 11 is 0. The molecular weight excluding hydrogens is 701 g/mol. The van der Waals surface area contributed by atoms with E-state index in [1.807, 2.05) is 35.2 Å². The van der Waals surface area contributed by atoms with Crippen LogP contribution >= 0.6 is 0 Å². The van der Waals surface area contributed by atoms with Gasteiger partial charge in [-0.25, -0.2) is 0 Å². The van der Waals surface area contributed by atoms with Crippen LogP contribution in [0.15, 0.2) is 41.5 Å². The second kappa shape index (κ2) is 15.0. The van der Waals surface area contributed by atoms with E-state index in [0.29, 0.717) is 48.6 Å². The Hall–Kier alpha value is -3.00. The van der Waals surface area contributed by atoms with Crippen molar-refractivity contribution in [3.05, 3.63) is 47.0 Å². The first-order valence-electron chi connectivity index (χ1n) is 21.7. The van der Waals surface area contributed by atoms with E-state index >= 15 is 0 Å². The lowest BCUT2D eigenvalue weighted by Gasteiger charge is -2.72. The highest BCUT2D eigenvalue weighted by atomic mass is 16.5. The number of esters is 1. The van der Waals surface area contributed by atoms with Crippen molar-refractivity contribution >= 4 is 23.6 Å². The molecule has 0 heterocycles. The van der Waals surface area contributed by atoms with Crippen molar-refractivity contribution in [2.75, 3.05) is 33.7 Å². The highest BCUT2D eigenvalue weighted by Crippen LogP contribution is 2.77. The lowest BCUT2D eigenvalue weighted by Crippen LogP contribution is -2.65. The minimum Gasteiger partial charge on any atom is -0.481 e. The van der Waals surface area contributed by atoms with E-state index in [4.69, 9.17) is 4.74 Å². The molecule has 0 radical (unpaired) electrons. The Balaban J connectivity index is 1.28. The van der Waals surface area contributed by atoms with Crippen molar-refractivity contribution in [2.24, 2.45) is 56.2 Å². The van der Waals surface area contributed by atoms with Gasteiger partial charge in [0.25, 0.3) is 5.91 Å². The minimum atomic E-state index is -1.16. The van der Waals surface area contributed by atoms with Gasteiger partial charge in [0.2, 0.25) is 0 Å². The second-order valence-electron chi connectivity index (χ2n) is 21.4. The molecule has 1 amide bonds. The molecule has 1 aromatic rings. The number of carboxylic acid groups (broad SMARTS) is 1. The van der Waals surface area contributed by atoms with E-state index in [-0.39, 0.29) is 51.4 Å². The van der Waals surface area contributed by atoms with Crippen molar-refractivity contribution in [2.45, 2.75) is 139 Å². The predicted octanol–water partition coefficient (Wildman–Crippen LogP) is 9.47. The molecule has 0 aliphatic heterocycles. The standard InChI is InChI=1S/C48H72N2O6/c1-31(2)39-34(51)29-48(25-26-50(28-27-49(10)11)41(53)32-15-13-12-14-16-32)24-23-46(8)33(40(39)48)17-18-36-45(7)21-20-37(56-38(52)30-43(3,4)42(54)55)44(5,6)35(45)19-22-47(36,46)9/h12-16,31,33,35-37H,17-30H2,1-11H3,(H,54,55)/t33-,35+,36-,37+,45+,46-,47-,48-/m1/s1. The molecule has 8 nitrogen and oxygen atoms in total. The van der Waals surface area contributed by atoms with Crippen molar-refractivity contribution in [1.29, 1.82) is 0 Å². The number of ketones is 1. The fourth-order valence-electron chi connectivity index (χ4n) is 13.6. The van der Waals surface area contributed by atoms with Gasteiger partial charge in [-0.2, -0.15) is 0 Å². The molecule has 1 aromatic carbocycles. The van der Waals surface area contributed by atoms with Gasteiger partial charge in [-0.05, 0) is 143 Å². The van der Waals surface area contributed by atoms with Crippen LogP contribution in [0.25, 0.3) is 0 Å². The van der Waals surface area contributed by atoms with Gasteiger partial charge in [-0.1, -0.05) is 72.2 Å². The van der Waals surface area contributed by atoms with Gasteiger partial charge in [0.05, 0.1) is 11.8 Å². The van der Waals surface area contributed by atoms with Crippen molar-refractivity contribution in [3.8, 4) is 0 Å². The topological polar surface area (TPSA) is 104 Å². The summed E-state index contributed by atoms with van der Waals surface area (Å²) in [7, 11) is 4.10. The number of carboxylic acids is 1. The van der Waals surface area contributed by atoms with E-state index in [2.05, 4.69) is 67.5 Å². The summed E-state index contributed by atoms with van der Waals surface area (Å²) in [5.74, 6) is 0.387. The summed E-state index contributed by atoms with van der Waals surface area (Å²) in [5, 5.41) is 9.64. The van der Waals surface area contributed by atoms with Crippen LogP contribution in [0.5, 0.6) is 0 Å². The zero-order valence-electron chi connectivity index (χ0n) is 36.6. The molecule has 5 aliphatic carbocycles. The Morgan fingerprint density at radius 3 is 2.16 bits per heavy atom. The van der Waals surface area contributed by atoms with Crippen LogP contribution in [0.3, 0.4) is 0 Å². The van der Waals surface area contributed by atoms with Gasteiger partial charge >= 0.3 is 11.9 Å². The van der Waals surface area contributed by atoms with E-state index < -0.39 is 17.4 Å². The number of aliphatic carboxylic acids is 1. The van der Waals surface area contributed by atoms with Gasteiger partial charge < -0.3 is 19.6 Å². The highest BCUT2D eigenvalue weighted by molar-refractivity contribution is 6.00. The molecular formula is C48H72N2O6. The Morgan fingerprint density at radius 2 is 1.54 bits per heavy atom. The van der Waals surface area contributed by atoms with Gasteiger partial charge in [0.15, 0.2) is 5.78 Å². The number of ether oxygens (including phenoxy) is 1. The first-order valence-corrected chi connectivity index (χ1v) is 21.7. The third kappa shape index (κ3) is 7.00. The van der Waals surface area contributed by atoms with Gasteiger partial charge in [0.1, 0.15) is 6.10 Å². The highest BCUT2D eigenvalue weighted by Gasteiger charge is 2.70. The second-order valence-corrected chi connectivity index (χ2v) is 21.4. The number of carbonyl (C=O) groups excluding carboxylic acids is 3. The van der Waals surface area contributed by atoms with E-state index in [1.54, 1.807) is 13.8 Å². The van der Waals surface area contributed by atoms with Crippen LogP contribution in [0.1, 0.15) is 143 Å². The number of amides is 1. The summed E-state index contributed by atoms with van der Waals surface area (Å²) in [6.45, 7) is 22.0. The number of benzene rings is 1.